The molecule has 4 aromatic rings. The van der Waals surface area contributed by atoms with Crippen molar-refractivity contribution in [3.63, 3.8) is 0 Å². The van der Waals surface area contributed by atoms with Crippen molar-refractivity contribution in [1.29, 1.82) is 0 Å². The topological polar surface area (TPSA) is 116 Å². The van der Waals surface area contributed by atoms with Crippen LogP contribution in [0.25, 0.3) is 22.4 Å². The molecular formula is C24H21N5O4S. The number of fused-ring (bicyclic) bond motifs is 1. The van der Waals surface area contributed by atoms with Gasteiger partial charge in [0, 0.05) is 11.8 Å². The number of hydrogen-bond acceptors (Lipinski definition) is 9. The highest BCUT2D eigenvalue weighted by atomic mass is 32.2. The van der Waals surface area contributed by atoms with Crippen LogP contribution in [0.3, 0.4) is 0 Å². The quantitative estimate of drug-likeness (QED) is 0.229. The zero-order chi connectivity index (χ0) is 23.9. The van der Waals surface area contributed by atoms with Crippen molar-refractivity contribution in [2.24, 2.45) is 0 Å². The third kappa shape index (κ3) is 5.29. The van der Waals surface area contributed by atoms with Crippen LogP contribution in [-0.4, -0.2) is 51.3 Å². The van der Waals surface area contributed by atoms with Crippen LogP contribution >= 0.6 is 11.8 Å². The maximum Gasteiger partial charge on any atom is 0.340 e. The van der Waals surface area contributed by atoms with Gasteiger partial charge in [0.05, 0.1) is 36.1 Å². The number of carbonyl (C=O) groups is 2. The van der Waals surface area contributed by atoms with Crippen LogP contribution < -0.4 is 10.1 Å². The van der Waals surface area contributed by atoms with E-state index < -0.39 is 5.97 Å². The van der Waals surface area contributed by atoms with Gasteiger partial charge in [0.15, 0.2) is 11.5 Å². The number of amides is 1. The standard InChI is InChI=1S/C24H21N5O4S/c1-3-33-24(31)17-6-4-5-7-19(17)28-20(30)13-34-23-18-12-25-21(29-22(18)26-14-27-23)15-8-10-16(32-2)11-9-15/h4-12,14H,3,13H2,1-2H3,(H,28,30). The molecule has 0 saturated heterocycles. The first-order chi connectivity index (χ1) is 16.6. The van der Waals surface area contributed by atoms with Crippen molar-refractivity contribution >= 4 is 40.4 Å². The van der Waals surface area contributed by atoms with E-state index in [1.807, 2.05) is 24.3 Å². The van der Waals surface area contributed by atoms with E-state index in [2.05, 4.69) is 25.3 Å². The van der Waals surface area contributed by atoms with E-state index in [9.17, 15) is 9.59 Å². The predicted octanol–water partition coefficient (Wildman–Crippen LogP) is 4.00. The third-order valence-electron chi connectivity index (χ3n) is 4.74. The lowest BCUT2D eigenvalue weighted by atomic mass is 10.2. The number of nitrogens with one attached hydrogen (secondary N) is 1. The SMILES string of the molecule is CCOC(=O)c1ccccc1NC(=O)CSc1ncnc2nc(-c3ccc(OC)cc3)ncc12. The molecule has 2 aromatic carbocycles. The molecule has 0 spiro atoms. The van der Waals surface area contributed by atoms with Gasteiger partial charge >= 0.3 is 5.97 Å². The van der Waals surface area contributed by atoms with E-state index in [0.29, 0.717) is 33.1 Å². The van der Waals surface area contributed by atoms with Crippen LogP contribution in [0.2, 0.25) is 0 Å². The number of anilines is 1. The first kappa shape index (κ1) is 23.1. The van der Waals surface area contributed by atoms with Crippen molar-refractivity contribution < 1.29 is 19.1 Å². The van der Waals surface area contributed by atoms with E-state index in [4.69, 9.17) is 9.47 Å². The maximum atomic E-state index is 12.6. The minimum absolute atomic E-state index is 0.0729. The minimum atomic E-state index is -0.488. The van der Waals surface area contributed by atoms with Crippen LogP contribution in [0.15, 0.2) is 66.1 Å². The van der Waals surface area contributed by atoms with E-state index in [1.54, 1.807) is 44.5 Å². The second-order valence-electron chi connectivity index (χ2n) is 6.94. The van der Waals surface area contributed by atoms with Crippen LogP contribution in [0, 0.1) is 0 Å². The minimum Gasteiger partial charge on any atom is -0.497 e. The molecular weight excluding hydrogens is 454 g/mol. The summed E-state index contributed by atoms with van der Waals surface area (Å²) in [7, 11) is 1.61. The molecule has 34 heavy (non-hydrogen) atoms. The lowest BCUT2D eigenvalue weighted by Gasteiger charge is -2.10. The molecule has 1 amide bonds. The zero-order valence-electron chi connectivity index (χ0n) is 18.5. The van der Waals surface area contributed by atoms with Crippen molar-refractivity contribution in [2.45, 2.75) is 11.9 Å². The smallest absolute Gasteiger partial charge is 0.340 e. The van der Waals surface area contributed by atoms with Crippen LogP contribution in [0.5, 0.6) is 5.75 Å². The number of benzene rings is 2. The summed E-state index contributed by atoms with van der Waals surface area (Å²) in [6, 6.07) is 14.1. The van der Waals surface area contributed by atoms with Gasteiger partial charge in [-0.3, -0.25) is 4.79 Å². The number of hydrogen-bond donors (Lipinski definition) is 1. The van der Waals surface area contributed by atoms with Gasteiger partial charge in [-0.25, -0.2) is 24.7 Å². The molecule has 0 bridgehead atoms. The zero-order valence-corrected chi connectivity index (χ0v) is 19.3. The fourth-order valence-corrected chi connectivity index (χ4v) is 3.88. The number of thioether (sulfide) groups is 1. The van der Waals surface area contributed by atoms with Gasteiger partial charge in [0.2, 0.25) is 5.91 Å². The van der Waals surface area contributed by atoms with Crippen molar-refractivity contribution in [3.8, 4) is 17.1 Å². The molecule has 1 N–H and O–H groups in total. The summed E-state index contributed by atoms with van der Waals surface area (Å²) in [6.45, 7) is 1.98. The number of ether oxygens (including phenoxy) is 2. The number of aromatic nitrogens is 4. The Morgan fingerprint density at radius 1 is 1.03 bits per heavy atom. The van der Waals surface area contributed by atoms with Crippen LogP contribution in [0.4, 0.5) is 5.69 Å². The Hall–Kier alpha value is -4.05. The Labute approximate surface area is 200 Å². The van der Waals surface area contributed by atoms with Crippen molar-refractivity contribution in [1.82, 2.24) is 19.9 Å². The molecule has 4 rings (SSSR count). The molecule has 0 aliphatic carbocycles. The normalized spacial score (nSPS) is 10.6. The highest BCUT2D eigenvalue weighted by molar-refractivity contribution is 8.00. The van der Waals surface area contributed by atoms with E-state index in [0.717, 1.165) is 11.3 Å². The molecule has 0 saturated carbocycles. The highest BCUT2D eigenvalue weighted by Crippen LogP contribution is 2.26. The summed E-state index contributed by atoms with van der Waals surface area (Å²) in [5.41, 5.74) is 2.00. The fourth-order valence-electron chi connectivity index (χ4n) is 3.12. The van der Waals surface area contributed by atoms with E-state index in [1.165, 1.54) is 18.1 Å². The molecule has 0 aliphatic heterocycles. The molecule has 0 fully saturated rings. The predicted molar refractivity (Wildman–Crippen MR) is 129 cm³/mol. The van der Waals surface area contributed by atoms with Gasteiger partial charge < -0.3 is 14.8 Å². The Kier molecular flexibility index (Phi) is 7.28. The first-order valence-corrected chi connectivity index (χ1v) is 11.4. The highest BCUT2D eigenvalue weighted by Gasteiger charge is 2.15. The van der Waals surface area contributed by atoms with Gasteiger partial charge in [-0.05, 0) is 43.3 Å². The second-order valence-corrected chi connectivity index (χ2v) is 7.91. The average molecular weight is 476 g/mol. The monoisotopic (exact) mass is 475 g/mol. The summed E-state index contributed by atoms with van der Waals surface area (Å²) >= 11 is 1.23. The molecule has 0 aliphatic rings. The Morgan fingerprint density at radius 3 is 2.59 bits per heavy atom. The molecule has 2 aromatic heterocycles. The van der Waals surface area contributed by atoms with Crippen LogP contribution in [-0.2, 0) is 9.53 Å². The molecule has 172 valence electrons. The Balaban J connectivity index is 1.47. The summed E-state index contributed by atoms with van der Waals surface area (Å²) in [5.74, 6) is 0.567. The number of rotatable bonds is 8. The number of methoxy groups -OCH3 is 1. The average Bonchev–Trinajstić information content (AvgIpc) is 2.87. The molecule has 0 unspecified atom stereocenters. The number of para-hydroxylation sites is 1. The lowest BCUT2D eigenvalue weighted by molar-refractivity contribution is -0.113. The molecule has 10 heteroatoms. The molecule has 9 nitrogen and oxygen atoms in total. The van der Waals surface area contributed by atoms with E-state index in [-0.39, 0.29) is 18.3 Å². The molecule has 0 radical (unpaired) electrons. The molecule has 0 atom stereocenters. The van der Waals surface area contributed by atoms with Crippen molar-refractivity contribution in [2.75, 3.05) is 24.8 Å². The fraction of sp³-hybridized carbons (Fsp3) is 0.167. The lowest BCUT2D eigenvalue weighted by Crippen LogP contribution is -2.17. The van der Waals surface area contributed by atoms with E-state index >= 15 is 0 Å². The summed E-state index contributed by atoms with van der Waals surface area (Å²) in [6.07, 6.45) is 3.06. The number of nitrogens with zero attached hydrogens (tertiary/aromatic N) is 4. The van der Waals surface area contributed by atoms with Gasteiger partial charge in [-0.15, -0.1) is 0 Å². The van der Waals surface area contributed by atoms with Crippen LogP contribution in [0.1, 0.15) is 17.3 Å². The Bertz CT molecular complexity index is 1330. The number of carbonyl (C=O) groups excluding carboxylic acids is 2. The van der Waals surface area contributed by atoms with Gasteiger partial charge in [-0.1, -0.05) is 23.9 Å². The van der Waals surface area contributed by atoms with Gasteiger partial charge in [-0.2, -0.15) is 0 Å². The summed E-state index contributed by atoms with van der Waals surface area (Å²) in [4.78, 5) is 42.2. The van der Waals surface area contributed by atoms with Gasteiger partial charge in [0.1, 0.15) is 17.1 Å². The summed E-state index contributed by atoms with van der Waals surface area (Å²) < 4.78 is 10.2. The number of esters is 1. The van der Waals surface area contributed by atoms with Gasteiger partial charge in [0.25, 0.3) is 0 Å². The Morgan fingerprint density at radius 2 is 1.82 bits per heavy atom. The maximum absolute atomic E-state index is 12.6. The third-order valence-corrected chi connectivity index (χ3v) is 5.74. The second kappa shape index (κ2) is 10.7. The van der Waals surface area contributed by atoms with Crippen molar-refractivity contribution in [3.05, 3.63) is 66.6 Å². The largest absolute Gasteiger partial charge is 0.497 e. The molecule has 2 heterocycles. The summed E-state index contributed by atoms with van der Waals surface area (Å²) in [5, 5.41) is 3.99. The first-order valence-electron chi connectivity index (χ1n) is 10.4.